The summed E-state index contributed by atoms with van der Waals surface area (Å²) in [4.78, 5) is 26.1. The van der Waals surface area contributed by atoms with Crippen LogP contribution in [0.2, 0.25) is 5.02 Å². The predicted octanol–water partition coefficient (Wildman–Crippen LogP) is 7.74. The molecule has 1 heterocycles. The van der Waals surface area contributed by atoms with Gasteiger partial charge in [0.2, 0.25) is 0 Å². The Kier molecular flexibility index (Phi) is 9.86. The molecule has 1 aliphatic heterocycles. The molecule has 4 aromatic carbocycles. The van der Waals surface area contributed by atoms with Gasteiger partial charge in [0.1, 0.15) is 5.82 Å². The van der Waals surface area contributed by atoms with E-state index in [9.17, 15) is 19.1 Å². The number of carboxylic acids is 1. The van der Waals surface area contributed by atoms with Crippen molar-refractivity contribution in [2.24, 2.45) is 5.92 Å². The van der Waals surface area contributed by atoms with Gasteiger partial charge in [0.25, 0.3) is 0 Å². The van der Waals surface area contributed by atoms with E-state index in [0.717, 1.165) is 12.0 Å². The molecule has 1 fully saturated rings. The first-order valence-corrected chi connectivity index (χ1v) is 13.7. The van der Waals surface area contributed by atoms with Crippen molar-refractivity contribution >= 4 is 52.5 Å². The molecule has 3 atom stereocenters. The fourth-order valence-electron chi connectivity index (χ4n) is 5.55. The number of nitrogens with one attached hydrogen (secondary N) is 2. The van der Waals surface area contributed by atoms with E-state index in [1.165, 1.54) is 40.6 Å². The minimum Gasteiger partial charge on any atom is -0.478 e. The Balaban J connectivity index is 0.00000387. The zero-order valence-electron chi connectivity index (χ0n) is 22.5. The van der Waals surface area contributed by atoms with Gasteiger partial charge >= 0.3 is 12.0 Å². The van der Waals surface area contributed by atoms with Gasteiger partial charge in [0, 0.05) is 25.0 Å². The normalized spacial score (nSPS) is 17.5. The number of piperidine rings is 1. The average molecular weight is 597 g/mol. The summed E-state index contributed by atoms with van der Waals surface area (Å²) in [6, 6.07) is 25.2. The van der Waals surface area contributed by atoms with Gasteiger partial charge in [-0.2, -0.15) is 0 Å². The lowest BCUT2D eigenvalue weighted by Gasteiger charge is -2.39. The third-order valence-electron chi connectivity index (χ3n) is 7.75. The second-order valence-electron chi connectivity index (χ2n) is 10.3. The lowest BCUT2D eigenvalue weighted by molar-refractivity contribution is 0.0697. The van der Waals surface area contributed by atoms with Gasteiger partial charge < -0.3 is 20.6 Å². The number of fused-ring (bicyclic) bond motifs is 1. The van der Waals surface area contributed by atoms with E-state index < -0.39 is 5.97 Å². The summed E-state index contributed by atoms with van der Waals surface area (Å²) in [6.45, 7) is 3.80. The lowest BCUT2D eigenvalue weighted by atomic mass is 9.80. The summed E-state index contributed by atoms with van der Waals surface area (Å²) in [6.07, 6.45) is 0.732. The Morgan fingerprint density at radius 2 is 1.80 bits per heavy atom. The van der Waals surface area contributed by atoms with Crippen molar-refractivity contribution < 1.29 is 19.1 Å². The Bertz CT molecular complexity index is 1540. The standard InChI is InChI=1S/C32H31ClFN3O3.ClH/c1-20(26-11-5-7-21-6-2-3-10-27(21)26)35-18-24-14-15-37(19-28(24)22-8-4-9-25(34)16-22)32(40)36-30-13-12-23(31(38)39)17-29(30)33;/h2-13,16-17,20,24,28,35H,14-15,18-19H2,1H3,(H,36,40)(H,38,39);1H/t20-,24?,28?;/m1./s1. The number of hydrogen-bond acceptors (Lipinski definition) is 3. The zero-order valence-corrected chi connectivity index (χ0v) is 24.1. The van der Waals surface area contributed by atoms with Gasteiger partial charge in [-0.15, -0.1) is 12.4 Å². The van der Waals surface area contributed by atoms with Gasteiger partial charge in [-0.3, -0.25) is 0 Å². The van der Waals surface area contributed by atoms with Crippen molar-refractivity contribution in [1.29, 1.82) is 0 Å². The van der Waals surface area contributed by atoms with Gasteiger partial charge in [-0.1, -0.05) is 66.2 Å². The quantitative estimate of drug-likeness (QED) is 0.204. The van der Waals surface area contributed by atoms with Crippen LogP contribution in [-0.4, -0.2) is 41.6 Å². The summed E-state index contributed by atoms with van der Waals surface area (Å²) >= 11 is 6.23. The minimum atomic E-state index is -1.09. The molecule has 2 amide bonds. The predicted molar refractivity (Wildman–Crippen MR) is 164 cm³/mol. The molecule has 5 rings (SSSR count). The van der Waals surface area contributed by atoms with Crippen LogP contribution in [0.1, 0.15) is 46.8 Å². The van der Waals surface area contributed by atoms with Crippen LogP contribution in [0.4, 0.5) is 14.9 Å². The van der Waals surface area contributed by atoms with Crippen LogP contribution >= 0.6 is 24.0 Å². The van der Waals surface area contributed by atoms with Crippen LogP contribution < -0.4 is 10.6 Å². The Labute approximate surface area is 249 Å². The van der Waals surface area contributed by atoms with Crippen molar-refractivity contribution in [1.82, 2.24) is 10.2 Å². The van der Waals surface area contributed by atoms with E-state index >= 15 is 0 Å². The number of benzene rings is 4. The number of hydrogen-bond donors (Lipinski definition) is 3. The number of amides is 2. The third kappa shape index (κ3) is 6.99. The van der Waals surface area contributed by atoms with Crippen molar-refractivity contribution in [3.63, 3.8) is 0 Å². The van der Waals surface area contributed by atoms with Crippen LogP contribution in [0, 0.1) is 11.7 Å². The number of rotatable bonds is 7. The van der Waals surface area contributed by atoms with Gasteiger partial charge in [-0.25, -0.2) is 14.0 Å². The summed E-state index contributed by atoms with van der Waals surface area (Å²) in [5.74, 6) is -1.29. The van der Waals surface area contributed by atoms with Gasteiger partial charge in [-0.05, 0) is 78.0 Å². The molecular weight excluding hydrogens is 564 g/mol. The number of aromatic carboxylic acids is 1. The number of urea groups is 1. The van der Waals surface area contributed by atoms with Crippen LogP contribution in [0.15, 0.2) is 84.9 Å². The van der Waals surface area contributed by atoms with E-state index in [-0.39, 0.29) is 52.7 Å². The summed E-state index contributed by atoms with van der Waals surface area (Å²) < 4.78 is 14.2. The number of anilines is 1. The molecule has 41 heavy (non-hydrogen) atoms. The number of carbonyl (C=O) groups is 2. The van der Waals surface area contributed by atoms with E-state index in [2.05, 4.69) is 47.9 Å². The topological polar surface area (TPSA) is 81.7 Å². The molecule has 0 spiro atoms. The third-order valence-corrected chi connectivity index (χ3v) is 8.07. The second kappa shape index (κ2) is 13.3. The van der Waals surface area contributed by atoms with Crippen molar-refractivity contribution in [3.8, 4) is 0 Å². The largest absolute Gasteiger partial charge is 0.478 e. The number of nitrogens with zero attached hydrogens (tertiary/aromatic N) is 1. The maximum atomic E-state index is 14.2. The van der Waals surface area contributed by atoms with E-state index in [1.54, 1.807) is 17.0 Å². The Hall–Kier alpha value is -3.65. The first kappa shape index (κ1) is 30.3. The highest BCUT2D eigenvalue weighted by molar-refractivity contribution is 6.34. The molecule has 214 valence electrons. The first-order valence-electron chi connectivity index (χ1n) is 13.4. The van der Waals surface area contributed by atoms with Gasteiger partial charge in [0.15, 0.2) is 0 Å². The highest BCUT2D eigenvalue weighted by Gasteiger charge is 2.33. The fourth-order valence-corrected chi connectivity index (χ4v) is 5.78. The highest BCUT2D eigenvalue weighted by atomic mass is 35.5. The minimum absolute atomic E-state index is 0. The molecule has 0 saturated carbocycles. The summed E-state index contributed by atoms with van der Waals surface area (Å²) in [7, 11) is 0. The monoisotopic (exact) mass is 595 g/mol. The number of halogens is 3. The number of carbonyl (C=O) groups excluding carboxylic acids is 1. The van der Waals surface area contributed by atoms with Gasteiger partial charge in [0.05, 0.1) is 16.3 Å². The Morgan fingerprint density at radius 1 is 1.05 bits per heavy atom. The molecule has 0 bridgehead atoms. The maximum Gasteiger partial charge on any atom is 0.335 e. The SMILES string of the molecule is C[C@@H](NCC1CCN(C(=O)Nc2ccc(C(=O)O)cc2Cl)CC1c1cccc(F)c1)c1cccc2ccccc12.Cl. The van der Waals surface area contributed by atoms with Crippen molar-refractivity contribution in [2.45, 2.75) is 25.3 Å². The molecule has 4 aromatic rings. The average Bonchev–Trinajstić information content (AvgIpc) is 2.96. The van der Waals surface area contributed by atoms with E-state index in [1.807, 2.05) is 18.2 Å². The number of carboxylic acid groups (broad SMARTS) is 1. The molecule has 6 nitrogen and oxygen atoms in total. The molecule has 2 unspecified atom stereocenters. The lowest BCUT2D eigenvalue weighted by Crippen LogP contribution is -2.47. The first-order chi connectivity index (χ1) is 19.3. The van der Waals surface area contributed by atoms with E-state index in [4.69, 9.17) is 11.6 Å². The Morgan fingerprint density at radius 3 is 2.56 bits per heavy atom. The molecular formula is C32H32Cl2FN3O3. The highest BCUT2D eigenvalue weighted by Crippen LogP contribution is 2.34. The van der Waals surface area contributed by atoms with Crippen LogP contribution in [0.25, 0.3) is 10.8 Å². The molecule has 0 aliphatic carbocycles. The van der Waals surface area contributed by atoms with Crippen LogP contribution in [-0.2, 0) is 0 Å². The number of likely N-dealkylation sites (tertiary alicyclic amines) is 1. The molecule has 9 heteroatoms. The molecule has 3 N–H and O–H groups in total. The molecule has 0 aromatic heterocycles. The van der Waals surface area contributed by atoms with E-state index in [0.29, 0.717) is 25.3 Å². The molecule has 0 radical (unpaired) electrons. The summed E-state index contributed by atoms with van der Waals surface area (Å²) in [5.41, 5.74) is 2.46. The van der Waals surface area contributed by atoms with Crippen molar-refractivity contribution in [3.05, 3.63) is 112 Å². The summed E-state index contributed by atoms with van der Waals surface area (Å²) in [5, 5.41) is 18.2. The fraction of sp³-hybridized carbons (Fsp3) is 0.250. The molecule has 1 aliphatic rings. The second-order valence-corrected chi connectivity index (χ2v) is 10.7. The zero-order chi connectivity index (χ0) is 28.2. The van der Waals surface area contributed by atoms with Crippen molar-refractivity contribution in [2.75, 3.05) is 25.0 Å². The van der Waals surface area contributed by atoms with Crippen LogP contribution in [0.5, 0.6) is 0 Å². The maximum absolute atomic E-state index is 14.2. The molecule has 1 saturated heterocycles. The smallest absolute Gasteiger partial charge is 0.335 e. The van der Waals surface area contributed by atoms with Crippen LogP contribution in [0.3, 0.4) is 0 Å².